The van der Waals surface area contributed by atoms with Crippen LogP contribution < -0.4 is 4.74 Å². The lowest BCUT2D eigenvalue weighted by Crippen LogP contribution is -1.88. The number of aromatic amines is 1. The van der Waals surface area contributed by atoms with Gasteiger partial charge in [0.15, 0.2) is 5.75 Å². The van der Waals surface area contributed by atoms with Gasteiger partial charge in [0.2, 0.25) is 0 Å². The minimum absolute atomic E-state index is 0.347. The molecular formula is C8H6BrFN2O. The quantitative estimate of drug-likeness (QED) is 0.837. The van der Waals surface area contributed by atoms with Crippen LogP contribution in [0.15, 0.2) is 16.9 Å². The van der Waals surface area contributed by atoms with Crippen LogP contribution in [-0.4, -0.2) is 17.1 Å². The molecule has 13 heavy (non-hydrogen) atoms. The Kier molecular flexibility index (Phi) is 1.95. The van der Waals surface area contributed by atoms with Gasteiger partial charge in [0.1, 0.15) is 16.9 Å². The van der Waals surface area contributed by atoms with Crippen molar-refractivity contribution < 1.29 is 9.13 Å². The van der Waals surface area contributed by atoms with Crippen LogP contribution in [0.2, 0.25) is 0 Å². The van der Waals surface area contributed by atoms with Crippen molar-refractivity contribution >= 4 is 27.0 Å². The van der Waals surface area contributed by atoms with E-state index in [1.54, 1.807) is 0 Å². The number of nitrogens with zero attached hydrogens (tertiary/aromatic N) is 1. The monoisotopic (exact) mass is 244 g/mol. The Morgan fingerprint density at radius 1 is 1.62 bits per heavy atom. The number of hydrogen-bond donors (Lipinski definition) is 1. The number of ether oxygens (including phenoxy) is 1. The van der Waals surface area contributed by atoms with Crippen molar-refractivity contribution in [2.75, 3.05) is 7.11 Å². The van der Waals surface area contributed by atoms with Gasteiger partial charge in [0.05, 0.1) is 17.9 Å². The van der Waals surface area contributed by atoms with Crippen LogP contribution >= 0.6 is 15.9 Å². The van der Waals surface area contributed by atoms with E-state index in [9.17, 15) is 4.39 Å². The average Bonchev–Trinajstić information content (AvgIpc) is 2.53. The predicted molar refractivity (Wildman–Crippen MR) is 50.3 cm³/mol. The SMILES string of the molecule is COc1c(Br)cc(F)c2[nH]cnc12. The lowest BCUT2D eigenvalue weighted by Gasteiger charge is -2.03. The number of nitrogens with one attached hydrogen (secondary N) is 1. The number of fused-ring (bicyclic) bond motifs is 1. The van der Waals surface area contributed by atoms with Gasteiger partial charge in [-0.25, -0.2) is 9.37 Å². The van der Waals surface area contributed by atoms with E-state index < -0.39 is 0 Å². The number of hydrogen-bond acceptors (Lipinski definition) is 2. The van der Waals surface area contributed by atoms with Crippen molar-refractivity contribution in [2.45, 2.75) is 0 Å². The van der Waals surface area contributed by atoms with E-state index in [1.165, 1.54) is 19.5 Å². The highest BCUT2D eigenvalue weighted by atomic mass is 79.9. The third kappa shape index (κ3) is 1.19. The van der Waals surface area contributed by atoms with Gasteiger partial charge in [-0.05, 0) is 22.0 Å². The van der Waals surface area contributed by atoms with E-state index in [4.69, 9.17) is 4.74 Å². The number of rotatable bonds is 1. The molecular weight excluding hydrogens is 239 g/mol. The Bertz CT molecular complexity index is 455. The normalized spacial score (nSPS) is 10.7. The van der Waals surface area contributed by atoms with Gasteiger partial charge in [-0.2, -0.15) is 0 Å². The molecule has 3 nitrogen and oxygen atoms in total. The Hall–Kier alpha value is -1.10. The van der Waals surface area contributed by atoms with Crippen molar-refractivity contribution in [1.82, 2.24) is 9.97 Å². The molecule has 0 atom stereocenters. The molecule has 0 saturated heterocycles. The van der Waals surface area contributed by atoms with Gasteiger partial charge < -0.3 is 9.72 Å². The van der Waals surface area contributed by atoms with Crippen LogP contribution in [0.5, 0.6) is 5.75 Å². The summed E-state index contributed by atoms with van der Waals surface area (Å²) in [7, 11) is 1.52. The molecule has 1 aromatic heterocycles. The summed E-state index contributed by atoms with van der Waals surface area (Å²) in [5.41, 5.74) is 0.856. The van der Waals surface area contributed by atoms with Crippen LogP contribution in [0.25, 0.3) is 11.0 Å². The molecule has 5 heteroatoms. The fourth-order valence-corrected chi connectivity index (χ4v) is 1.76. The molecule has 0 aliphatic heterocycles. The first-order valence-electron chi connectivity index (χ1n) is 3.59. The van der Waals surface area contributed by atoms with Crippen LogP contribution in [-0.2, 0) is 0 Å². The highest BCUT2D eigenvalue weighted by Gasteiger charge is 2.12. The second-order valence-electron chi connectivity index (χ2n) is 2.50. The number of H-pyrrole nitrogens is 1. The van der Waals surface area contributed by atoms with E-state index in [0.717, 1.165) is 0 Å². The maximum absolute atomic E-state index is 13.2. The predicted octanol–water partition coefficient (Wildman–Crippen LogP) is 2.47. The molecule has 0 amide bonds. The summed E-state index contributed by atoms with van der Waals surface area (Å²) in [5.74, 6) is 0.192. The fourth-order valence-electron chi connectivity index (χ4n) is 1.20. The Morgan fingerprint density at radius 3 is 3.08 bits per heavy atom. The lowest BCUT2D eigenvalue weighted by molar-refractivity contribution is 0.415. The number of halogens is 2. The lowest BCUT2D eigenvalue weighted by atomic mass is 10.3. The molecule has 1 aromatic carbocycles. The summed E-state index contributed by atoms with van der Waals surface area (Å²) >= 11 is 3.19. The minimum atomic E-state index is -0.347. The van der Waals surface area contributed by atoms with Crippen LogP contribution in [0.3, 0.4) is 0 Å². The van der Waals surface area contributed by atoms with E-state index in [0.29, 0.717) is 21.3 Å². The molecule has 68 valence electrons. The van der Waals surface area contributed by atoms with Gasteiger partial charge >= 0.3 is 0 Å². The zero-order chi connectivity index (χ0) is 9.42. The zero-order valence-electron chi connectivity index (χ0n) is 6.77. The van der Waals surface area contributed by atoms with E-state index in [2.05, 4.69) is 25.9 Å². The average molecular weight is 245 g/mol. The fraction of sp³-hybridized carbons (Fsp3) is 0.125. The van der Waals surface area contributed by atoms with Gasteiger partial charge in [-0.15, -0.1) is 0 Å². The minimum Gasteiger partial charge on any atom is -0.493 e. The topological polar surface area (TPSA) is 37.9 Å². The Morgan fingerprint density at radius 2 is 2.38 bits per heavy atom. The largest absolute Gasteiger partial charge is 0.493 e. The molecule has 0 radical (unpaired) electrons. The van der Waals surface area contributed by atoms with Crippen molar-refractivity contribution in [2.24, 2.45) is 0 Å². The molecule has 0 aliphatic carbocycles. The van der Waals surface area contributed by atoms with Gasteiger partial charge in [0, 0.05) is 0 Å². The summed E-state index contributed by atoms with van der Waals surface area (Å²) in [6.45, 7) is 0. The number of aromatic nitrogens is 2. The first-order chi connectivity index (χ1) is 6.24. The molecule has 0 aliphatic rings. The first kappa shape index (κ1) is 8.50. The highest BCUT2D eigenvalue weighted by molar-refractivity contribution is 9.10. The number of imidazole rings is 1. The summed E-state index contributed by atoms with van der Waals surface area (Å²) in [6.07, 6.45) is 1.43. The third-order valence-corrected chi connectivity index (χ3v) is 2.36. The summed E-state index contributed by atoms with van der Waals surface area (Å²) < 4.78 is 18.9. The Labute approximate surface area is 82.1 Å². The maximum atomic E-state index is 13.2. The highest BCUT2D eigenvalue weighted by Crippen LogP contribution is 2.33. The van der Waals surface area contributed by atoms with E-state index >= 15 is 0 Å². The molecule has 0 spiro atoms. The van der Waals surface area contributed by atoms with Crippen molar-refractivity contribution in [3.05, 3.63) is 22.7 Å². The molecule has 0 fully saturated rings. The van der Waals surface area contributed by atoms with Gasteiger partial charge in [0.25, 0.3) is 0 Å². The van der Waals surface area contributed by atoms with Gasteiger partial charge in [-0.3, -0.25) is 0 Å². The smallest absolute Gasteiger partial charge is 0.161 e. The first-order valence-corrected chi connectivity index (χ1v) is 4.38. The molecule has 0 bridgehead atoms. The summed E-state index contributed by atoms with van der Waals surface area (Å²) in [5, 5.41) is 0. The molecule has 2 rings (SSSR count). The zero-order valence-corrected chi connectivity index (χ0v) is 8.35. The summed E-state index contributed by atoms with van der Waals surface area (Å²) in [6, 6.07) is 1.35. The molecule has 1 heterocycles. The Balaban J connectivity index is 2.88. The van der Waals surface area contributed by atoms with Crippen LogP contribution in [0, 0.1) is 5.82 Å². The van der Waals surface area contributed by atoms with Crippen LogP contribution in [0.1, 0.15) is 0 Å². The summed E-state index contributed by atoms with van der Waals surface area (Å²) in [4.78, 5) is 6.66. The molecule has 0 unspecified atom stereocenters. The second-order valence-corrected chi connectivity index (χ2v) is 3.35. The van der Waals surface area contributed by atoms with Crippen molar-refractivity contribution in [3.8, 4) is 5.75 Å². The van der Waals surface area contributed by atoms with Crippen molar-refractivity contribution in [3.63, 3.8) is 0 Å². The van der Waals surface area contributed by atoms with E-state index in [1.807, 2.05) is 0 Å². The number of benzene rings is 1. The standard InChI is InChI=1S/C8H6BrFN2O/c1-13-8-4(9)2-5(10)6-7(8)12-3-11-6/h2-3H,1H3,(H,11,12). The van der Waals surface area contributed by atoms with Crippen molar-refractivity contribution in [1.29, 1.82) is 0 Å². The maximum Gasteiger partial charge on any atom is 0.161 e. The molecule has 1 N–H and O–H groups in total. The van der Waals surface area contributed by atoms with Crippen LogP contribution in [0.4, 0.5) is 4.39 Å². The second kappa shape index (κ2) is 2.99. The molecule has 0 saturated carbocycles. The molecule has 2 aromatic rings. The van der Waals surface area contributed by atoms with E-state index in [-0.39, 0.29) is 5.82 Å². The number of methoxy groups -OCH3 is 1. The third-order valence-electron chi connectivity index (χ3n) is 1.77. The van der Waals surface area contributed by atoms with Gasteiger partial charge in [-0.1, -0.05) is 0 Å².